The van der Waals surface area contributed by atoms with Crippen LogP contribution in [-0.4, -0.2) is 58.6 Å². The summed E-state index contributed by atoms with van der Waals surface area (Å²) >= 11 is 0. The first-order chi connectivity index (χ1) is 1.73. The van der Waals surface area contributed by atoms with Crippen molar-refractivity contribution < 1.29 is 15.1 Å². The molecule has 0 bridgehead atoms. The Balaban J connectivity index is -0.0000000450. The molecule has 0 aliphatic carbocycles. The van der Waals surface area contributed by atoms with Crippen LogP contribution in [-0.2, 0) is 0 Å². The maximum atomic E-state index is 7.17. The fourth-order valence-corrected chi connectivity index (χ4v) is 0. The zero-order chi connectivity index (χ0) is 3.58. The molecule has 0 rings (SSSR count). The van der Waals surface area contributed by atoms with Crippen molar-refractivity contribution >= 4 is 43.5 Å². The standard InChI is InChI=1S/Al.BH3O3.Li.4H/c;2-1(3)4;;;;;/h;2-4H;;;;;. The van der Waals surface area contributed by atoms with Crippen molar-refractivity contribution in [3.63, 3.8) is 0 Å². The van der Waals surface area contributed by atoms with Crippen LogP contribution in [0.4, 0.5) is 0 Å². The predicted octanol–water partition coefficient (Wildman–Crippen LogP) is -3.88. The molecular weight excluding hydrogens is 92.7 g/mol. The van der Waals surface area contributed by atoms with Crippen LogP contribution in [0.1, 0.15) is 0 Å². The summed E-state index contributed by atoms with van der Waals surface area (Å²) in [6.45, 7) is 0. The Morgan fingerprint density at radius 3 is 1.00 bits per heavy atom. The normalized spacial score (nSPS) is 4.50. The quantitative estimate of drug-likeness (QED) is 0.273. The van der Waals surface area contributed by atoms with Crippen LogP contribution in [0.15, 0.2) is 0 Å². The Morgan fingerprint density at radius 1 is 1.00 bits per heavy atom. The molecule has 0 unspecified atom stereocenters. The molecule has 0 aliphatic rings. The average molecular weight is 99.8 g/mol. The van der Waals surface area contributed by atoms with E-state index in [9.17, 15) is 0 Å². The van der Waals surface area contributed by atoms with E-state index < -0.39 is 7.32 Å². The first-order valence-electron chi connectivity index (χ1n) is 0.775. The molecule has 0 spiro atoms. The number of rotatable bonds is 0. The van der Waals surface area contributed by atoms with Gasteiger partial charge in [-0.2, -0.15) is 0 Å². The monoisotopic (exact) mass is 100 g/mol. The van der Waals surface area contributed by atoms with Crippen molar-refractivity contribution in [2.45, 2.75) is 0 Å². The van der Waals surface area contributed by atoms with Crippen molar-refractivity contribution in [1.82, 2.24) is 0 Å². The summed E-state index contributed by atoms with van der Waals surface area (Å²) in [5.74, 6) is 0. The predicted molar refractivity (Wildman–Crippen MR) is 29.5 cm³/mol. The van der Waals surface area contributed by atoms with Crippen molar-refractivity contribution in [2.75, 3.05) is 0 Å². The number of hydrogen-bond donors (Lipinski definition) is 3. The van der Waals surface area contributed by atoms with Crippen molar-refractivity contribution in [2.24, 2.45) is 0 Å². The molecule has 0 aromatic carbocycles. The summed E-state index contributed by atoms with van der Waals surface area (Å²) in [5.41, 5.74) is 0. The molecule has 32 valence electrons. The van der Waals surface area contributed by atoms with Gasteiger partial charge in [-0.1, -0.05) is 0 Å². The molecule has 0 atom stereocenters. The van der Waals surface area contributed by atoms with E-state index in [1.165, 1.54) is 0 Å². The first-order valence-corrected chi connectivity index (χ1v) is 0.775. The average Bonchev–Trinajstić information content (AvgIpc) is 0.811. The van der Waals surface area contributed by atoms with Gasteiger partial charge in [0, 0.05) is 0 Å². The van der Waals surface area contributed by atoms with Crippen molar-refractivity contribution in [3.8, 4) is 0 Å². The molecule has 0 radical (unpaired) electrons. The van der Waals surface area contributed by atoms with Gasteiger partial charge in [0.25, 0.3) is 0 Å². The third-order valence-electron chi connectivity index (χ3n) is 0. The molecule has 0 saturated carbocycles. The second-order valence-electron chi connectivity index (χ2n) is 0.346. The van der Waals surface area contributed by atoms with E-state index in [1.807, 2.05) is 0 Å². The Kier molecular flexibility index (Phi) is 24.7. The van der Waals surface area contributed by atoms with Gasteiger partial charge in [-0.15, -0.1) is 0 Å². The second kappa shape index (κ2) is 9.42. The van der Waals surface area contributed by atoms with Crippen LogP contribution < -0.4 is 0 Å². The van der Waals surface area contributed by atoms with Gasteiger partial charge in [0.05, 0.1) is 0 Å². The molecule has 3 N–H and O–H groups in total. The minimum absolute atomic E-state index is 0. The topological polar surface area (TPSA) is 60.7 Å². The fourth-order valence-electron chi connectivity index (χ4n) is 0. The van der Waals surface area contributed by atoms with E-state index in [4.69, 9.17) is 15.1 Å². The summed E-state index contributed by atoms with van der Waals surface area (Å²) in [5, 5.41) is 21.5. The molecule has 0 aliphatic heterocycles. The number of hydrogen-bond acceptors (Lipinski definition) is 3. The summed E-state index contributed by atoms with van der Waals surface area (Å²) in [4.78, 5) is 0. The van der Waals surface area contributed by atoms with Gasteiger partial charge in [-0.3, -0.25) is 0 Å². The van der Waals surface area contributed by atoms with Gasteiger partial charge in [0.1, 0.15) is 0 Å². The molecule has 0 aromatic rings. The van der Waals surface area contributed by atoms with E-state index >= 15 is 0 Å². The summed E-state index contributed by atoms with van der Waals surface area (Å²) in [7, 11) is -2.17. The van der Waals surface area contributed by atoms with Crippen molar-refractivity contribution in [1.29, 1.82) is 0 Å². The van der Waals surface area contributed by atoms with Crippen LogP contribution in [0.25, 0.3) is 0 Å². The molecule has 6 heavy (non-hydrogen) atoms. The molecule has 3 nitrogen and oxygen atoms in total. The molecule has 6 heteroatoms. The van der Waals surface area contributed by atoms with Gasteiger partial charge >= 0.3 is 26.2 Å². The molecular formula is H7AlBLiO3. The van der Waals surface area contributed by atoms with Crippen LogP contribution in [0.5, 0.6) is 0 Å². The Labute approximate surface area is 58.9 Å². The van der Waals surface area contributed by atoms with Gasteiger partial charge in [-0.25, -0.2) is 0 Å². The van der Waals surface area contributed by atoms with Gasteiger partial charge < -0.3 is 15.1 Å². The van der Waals surface area contributed by atoms with Crippen LogP contribution in [0.2, 0.25) is 0 Å². The van der Waals surface area contributed by atoms with Gasteiger partial charge in [0.2, 0.25) is 0 Å². The third-order valence-corrected chi connectivity index (χ3v) is 0. The Hall–Kier alpha value is 1.07. The molecule has 0 heterocycles. The van der Waals surface area contributed by atoms with Crippen LogP contribution in [0, 0.1) is 0 Å². The van der Waals surface area contributed by atoms with Crippen LogP contribution >= 0.6 is 0 Å². The Morgan fingerprint density at radius 2 is 1.00 bits per heavy atom. The first kappa shape index (κ1) is 15.7. The van der Waals surface area contributed by atoms with Gasteiger partial charge in [-0.05, 0) is 0 Å². The third kappa shape index (κ3) is 72.9. The SMILES string of the molecule is OB(O)O.[AlH3].[LiH]. The molecule has 0 fully saturated rings. The minimum atomic E-state index is -2.17. The maximum absolute atomic E-state index is 7.17. The summed E-state index contributed by atoms with van der Waals surface area (Å²) < 4.78 is 0. The van der Waals surface area contributed by atoms with Crippen molar-refractivity contribution in [3.05, 3.63) is 0 Å². The second-order valence-corrected chi connectivity index (χ2v) is 0.346. The van der Waals surface area contributed by atoms with Crippen LogP contribution in [0.3, 0.4) is 0 Å². The molecule has 0 aromatic heterocycles. The van der Waals surface area contributed by atoms with Gasteiger partial charge in [0.15, 0.2) is 17.4 Å². The molecule has 0 amide bonds. The van der Waals surface area contributed by atoms with E-state index in [0.717, 1.165) is 0 Å². The summed E-state index contributed by atoms with van der Waals surface area (Å²) in [6.07, 6.45) is 0. The zero-order valence-corrected chi connectivity index (χ0v) is 1.92. The van der Waals surface area contributed by atoms with E-state index in [2.05, 4.69) is 0 Å². The Bertz CT molecular complexity index is 15.5. The van der Waals surface area contributed by atoms with E-state index in [-0.39, 0.29) is 36.2 Å². The molecule has 0 saturated heterocycles. The summed E-state index contributed by atoms with van der Waals surface area (Å²) in [6, 6.07) is 0. The fraction of sp³-hybridized carbons (Fsp3) is 0. The zero-order valence-electron chi connectivity index (χ0n) is 1.92. The van der Waals surface area contributed by atoms with E-state index in [1.54, 1.807) is 0 Å². The van der Waals surface area contributed by atoms with E-state index in [0.29, 0.717) is 0 Å².